The average molecular weight is 276 g/mol. The second-order valence-corrected chi connectivity index (χ2v) is 6.13. The number of carbonyl (C=O) groups is 2. The maximum absolute atomic E-state index is 12.4. The number of rotatable bonds is 2. The van der Waals surface area contributed by atoms with E-state index < -0.39 is 16.4 Å². The van der Waals surface area contributed by atoms with Crippen LogP contribution in [0.4, 0.5) is 0 Å². The van der Waals surface area contributed by atoms with Crippen molar-refractivity contribution in [3.63, 3.8) is 0 Å². The van der Waals surface area contributed by atoms with Gasteiger partial charge >= 0.3 is 5.97 Å². The molecule has 0 amide bonds. The van der Waals surface area contributed by atoms with Crippen molar-refractivity contribution in [1.82, 2.24) is 0 Å². The summed E-state index contributed by atoms with van der Waals surface area (Å²) in [5.41, 5.74) is -2.52. The highest BCUT2D eigenvalue weighted by Gasteiger charge is 2.62. The van der Waals surface area contributed by atoms with E-state index in [2.05, 4.69) is 5.92 Å². The van der Waals surface area contributed by atoms with Gasteiger partial charge in [0, 0.05) is 11.8 Å². The fourth-order valence-corrected chi connectivity index (χ4v) is 3.48. The Morgan fingerprint density at radius 3 is 2.70 bits per heavy atom. The number of ether oxygens (including phenoxy) is 1. The van der Waals surface area contributed by atoms with Crippen LogP contribution in [0.3, 0.4) is 0 Å². The molecule has 4 nitrogen and oxygen atoms in total. The number of fused-ring (bicyclic) bond motifs is 1. The molecule has 0 aliphatic heterocycles. The number of esters is 1. The second kappa shape index (κ2) is 4.46. The first-order valence-electron chi connectivity index (χ1n) is 6.86. The first kappa shape index (κ1) is 14.8. The minimum absolute atomic E-state index is 0.109. The molecule has 2 aliphatic rings. The summed E-state index contributed by atoms with van der Waals surface area (Å²) in [7, 11) is 0. The molecule has 0 aromatic rings. The molecule has 2 rings (SSSR count). The predicted molar refractivity (Wildman–Crippen MR) is 73.6 cm³/mol. The Labute approximate surface area is 119 Å². The van der Waals surface area contributed by atoms with E-state index in [9.17, 15) is 14.7 Å². The molecule has 0 unspecified atom stereocenters. The van der Waals surface area contributed by atoms with Crippen LogP contribution in [0, 0.1) is 23.2 Å². The number of carbonyl (C=O) groups excluding carboxylic acids is 2. The maximum Gasteiger partial charge on any atom is 0.316 e. The van der Waals surface area contributed by atoms with Crippen LogP contribution in [0.5, 0.6) is 0 Å². The minimum atomic E-state index is -1.35. The Balaban J connectivity index is 2.54. The van der Waals surface area contributed by atoms with Gasteiger partial charge in [0.25, 0.3) is 0 Å². The number of ketones is 1. The second-order valence-electron chi connectivity index (χ2n) is 6.13. The zero-order valence-corrected chi connectivity index (χ0v) is 12.2. The molecule has 20 heavy (non-hydrogen) atoms. The van der Waals surface area contributed by atoms with Crippen LogP contribution in [0.15, 0.2) is 11.6 Å². The molecule has 4 heteroatoms. The third-order valence-corrected chi connectivity index (χ3v) is 4.82. The third-order valence-electron chi connectivity index (χ3n) is 4.82. The van der Waals surface area contributed by atoms with Gasteiger partial charge in [-0.15, -0.1) is 6.42 Å². The van der Waals surface area contributed by atoms with Gasteiger partial charge in [-0.1, -0.05) is 19.8 Å². The summed E-state index contributed by atoms with van der Waals surface area (Å²) in [4.78, 5) is 24.3. The lowest BCUT2D eigenvalue weighted by Crippen LogP contribution is -2.54. The monoisotopic (exact) mass is 276 g/mol. The molecule has 1 saturated carbocycles. The van der Waals surface area contributed by atoms with Gasteiger partial charge in [0.15, 0.2) is 5.78 Å². The topological polar surface area (TPSA) is 63.6 Å². The Bertz CT molecular complexity index is 537. The summed E-state index contributed by atoms with van der Waals surface area (Å²) in [5.74, 6) is 1.94. The van der Waals surface area contributed by atoms with Crippen LogP contribution in [-0.2, 0) is 14.3 Å². The zero-order chi connectivity index (χ0) is 15.2. The van der Waals surface area contributed by atoms with Gasteiger partial charge in [-0.25, -0.2) is 0 Å². The number of hydrogen-bond donors (Lipinski definition) is 1. The first-order valence-corrected chi connectivity index (χ1v) is 6.86. The zero-order valence-electron chi connectivity index (χ0n) is 12.2. The molecule has 108 valence electrons. The molecule has 0 spiro atoms. The molecular weight excluding hydrogens is 256 g/mol. The Morgan fingerprint density at radius 1 is 1.50 bits per heavy atom. The van der Waals surface area contributed by atoms with Crippen LogP contribution in [0.1, 0.15) is 40.0 Å². The summed E-state index contributed by atoms with van der Waals surface area (Å²) in [6.07, 6.45) is 7.69. The SMILES string of the molecule is C#C[C@@]1(O)CC[C@@]2(C(=O)OCC)CC(=O)C=C2C1(C)C. The van der Waals surface area contributed by atoms with Crippen LogP contribution in [0.25, 0.3) is 0 Å². The van der Waals surface area contributed by atoms with Crippen molar-refractivity contribution in [2.45, 2.75) is 45.6 Å². The van der Waals surface area contributed by atoms with E-state index in [0.29, 0.717) is 12.0 Å². The third kappa shape index (κ3) is 1.73. The normalized spacial score (nSPS) is 35.0. The van der Waals surface area contributed by atoms with E-state index in [1.807, 2.05) is 0 Å². The highest BCUT2D eigenvalue weighted by molar-refractivity contribution is 6.01. The van der Waals surface area contributed by atoms with E-state index in [1.54, 1.807) is 20.8 Å². The van der Waals surface area contributed by atoms with Crippen molar-refractivity contribution in [1.29, 1.82) is 0 Å². The van der Waals surface area contributed by atoms with Gasteiger partial charge in [-0.3, -0.25) is 9.59 Å². The summed E-state index contributed by atoms with van der Waals surface area (Å²) in [5, 5.41) is 10.6. The van der Waals surface area contributed by atoms with Crippen molar-refractivity contribution in [2.24, 2.45) is 10.8 Å². The quantitative estimate of drug-likeness (QED) is 0.615. The minimum Gasteiger partial charge on any atom is -0.465 e. The van der Waals surface area contributed by atoms with Crippen LogP contribution in [-0.4, -0.2) is 29.1 Å². The van der Waals surface area contributed by atoms with Crippen LogP contribution < -0.4 is 0 Å². The Hall–Kier alpha value is -1.60. The largest absolute Gasteiger partial charge is 0.465 e. The van der Waals surface area contributed by atoms with Crippen LogP contribution >= 0.6 is 0 Å². The number of allylic oxidation sites excluding steroid dienone is 1. The standard InChI is InChI=1S/C16H20O4/c1-5-16(19)8-7-15(13(18)20-6-2)10-11(17)9-12(15)14(16,3)4/h1,9,19H,6-8,10H2,2-4H3/t15-,16-/m1/s1. The van der Waals surface area contributed by atoms with E-state index >= 15 is 0 Å². The van der Waals surface area contributed by atoms with Gasteiger partial charge in [0.1, 0.15) is 5.60 Å². The highest BCUT2D eigenvalue weighted by Crippen LogP contribution is 2.59. The molecule has 1 fully saturated rings. The average Bonchev–Trinajstić information content (AvgIpc) is 2.74. The Kier molecular flexibility index (Phi) is 3.30. The number of terminal acetylenes is 1. The predicted octanol–water partition coefficient (Wildman–Crippen LogP) is 1.62. The molecule has 2 atom stereocenters. The number of aliphatic hydroxyl groups is 1. The summed E-state index contributed by atoms with van der Waals surface area (Å²) in [6, 6.07) is 0. The summed E-state index contributed by atoms with van der Waals surface area (Å²) in [6.45, 7) is 5.57. The molecule has 0 bridgehead atoms. The van der Waals surface area contributed by atoms with E-state index in [0.717, 1.165) is 0 Å². The molecule has 0 heterocycles. The molecule has 0 radical (unpaired) electrons. The van der Waals surface area contributed by atoms with Gasteiger partial charge in [-0.05, 0) is 31.4 Å². The molecular formula is C16H20O4. The lowest BCUT2D eigenvalue weighted by atomic mass is 9.54. The smallest absolute Gasteiger partial charge is 0.316 e. The van der Waals surface area contributed by atoms with Crippen molar-refractivity contribution in [3.8, 4) is 12.3 Å². The fraction of sp³-hybridized carbons (Fsp3) is 0.625. The van der Waals surface area contributed by atoms with Crippen molar-refractivity contribution < 1.29 is 19.4 Å². The highest BCUT2D eigenvalue weighted by atomic mass is 16.5. The lowest BCUT2D eigenvalue weighted by molar-refractivity contribution is -0.159. The molecule has 0 aromatic heterocycles. The molecule has 1 N–H and O–H groups in total. The van der Waals surface area contributed by atoms with Gasteiger partial charge in [0.05, 0.1) is 12.0 Å². The summed E-state index contributed by atoms with van der Waals surface area (Å²) < 4.78 is 5.16. The summed E-state index contributed by atoms with van der Waals surface area (Å²) >= 11 is 0. The lowest BCUT2D eigenvalue weighted by Gasteiger charge is -2.50. The van der Waals surface area contributed by atoms with E-state index in [1.165, 1.54) is 6.08 Å². The van der Waals surface area contributed by atoms with E-state index in [4.69, 9.17) is 11.2 Å². The van der Waals surface area contributed by atoms with Crippen LogP contribution in [0.2, 0.25) is 0 Å². The molecule has 0 aromatic carbocycles. The Morgan fingerprint density at radius 2 is 2.15 bits per heavy atom. The van der Waals surface area contributed by atoms with E-state index in [-0.39, 0.29) is 31.2 Å². The van der Waals surface area contributed by atoms with Gasteiger partial charge in [0.2, 0.25) is 0 Å². The number of hydrogen-bond acceptors (Lipinski definition) is 4. The van der Waals surface area contributed by atoms with Gasteiger partial charge < -0.3 is 9.84 Å². The van der Waals surface area contributed by atoms with Crippen molar-refractivity contribution >= 4 is 11.8 Å². The van der Waals surface area contributed by atoms with Gasteiger partial charge in [-0.2, -0.15) is 0 Å². The molecule has 2 aliphatic carbocycles. The fourth-order valence-electron chi connectivity index (χ4n) is 3.48. The van der Waals surface area contributed by atoms with Crippen molar-refractivity contribution in [3.05, 3.63) is 11.6 Å². The van der Waals surface area contributed by atoms with Crippen molar-refractivity contribution in [2.75, 3.05) is 6.61 Å². The molecule has 0 saturated heterocycles. The maximum atomic E-state index is 12.4. The first-order chi connectivity index (χ1) is 9.23.